The molecule has 0 fully saturated rings. The lowest BCUT2D eigenvalue weighted by Crippen LogP contribution is -1.86. The Balaban J connectivity index is 2.49. The largest absolute Gasteiger partial charge is 0.507 e. The number of benzene rings is 1. The zero-order valence-corrected chi connectivity index (χ0v) is 8.27. The molecule has 1 N–H and O–H groups in total. The maximum Gasteiger partial charge on any atom is 0.137 e. The summed E-state index contributed by atoms with van der Waals surface area (Å²) < 4.78 is 5.06. The third-order valence-corrected chi connectivity index (χ3v) is 2.10. The lowest BCUT2D eigenvalue weighted by atomic mass is 10.1. The van der Waals surface area contributed by atoms with E-state index in [1.807, 2.05) is 6.07 Å². The summed E-state index contributed by atoms with van der Waals surface area (Å²) in [5, 5.41) is 9.63. The number of phenols is 1. The third kappa shape index (κ3) is 1.91. The number of aromatic nitrogens is 1. The highest BCUT2D eigenvalue weighted by molar-refractivity contribution is 5.69. The topological polar surface area (TPSA) is 42.4 Å². The number of rotatable bonds is 2. The Bertz CT molecular complexity index is 469. The van der Waals surface area contributed by atoms with Crippen molar-refractivity contribution >= 4 is 0 Å². The fraction of sp³-hybridized carbons (Fsp3) is 0.0833. The second kappa shape index (κ2) is 4.00. The van der Waals surface area contributed by atoms with E-state index in [1.165, 1.54) is 6.07 Å². The van der Waals surface area contributed by atoms with Gasteiger partial charge in [0.05, 0.1) is 13.3 Å². The molecule has 2 aromatic rings. The van der Waals surface area contributed by atoms with Crippen molar-refractivity contribution in [2.24, 2.45) is 0 Å². The first-order chi connectivity index (χ1) is 7.31. The van der Waals surface area contributed by atoms with Crippen molar-refractivity contribution in [2.45, 2.75) is 0 Å². The van der Waals surface area contributed by atoms with Gasteiger partial charge in [0.25, 0.3) is 0 Å². The molecule has 0 atom stereocenters. The normalized spacial score (nSPS) is 9.93. The monoisotopic (exact) mass is 200 g/mol. The van der Waals surface area contributed by atoms with Gasteiger partial charge >= 0.3 is 0 Å². The molecule has 0 spiro atoms. The Morgan fingerprint density at radius 2 is 2.27 bits per heavy atom. The highest BCUT2D eigenvalue weighted by atomic mass is 16.5. The number of nitrogens with zero attached hydrogens (tertiary/aromatic N) is 1. The van der Waals surface area contributed by atoms with Gasteiger partial charge in [-0.3, -0.25) is 4.98 Å². The van der Waals surface area contributed by atoms with Gasteiger partial charge < -0.3 is 9.84 Å². The third-order valence-electron chi connectivity index (χ3n) is 2.10. The molecule has 0 saturated heterocycles. The molecular weight excluding hydrogens is 190 g/mol. The molecule has 15 heavy (non-hydrogen) atoms. The van der Waals surface area contributed by atoms with Crippen molar-refractivity contribution in [1.82, 2.24) is 4.98 Å². The first-order valence-corrected chi connectivity index (χ1v) is 4.50. The minimum absolute atomic E-state index is 0.188. The van der Waals surface area contributed by atoms with E-state index in [2.05, 4.69) is 11.1 Å². The van der Waals surface area contributed by atoms with Crippen molar-refractivity contribution in [3.63, 3.8) is 0 Å². The van der Waals surface area contributed by atoms with E-state index in [9.17, 15) is 5.11 Å². The zero-order valence-electron chi connectivity index (χ0n) is 8.27. The van der Waals surface area contributed by atoms with E-state index in [0.29, 0.717) is 5.75 Å². The lowest BCUT2D eigenvalue weighted by Gasteiger charge is -2.05. The number of pyridine rings is 1. The summed E-state index contributed by atoms with van der Waals surface area (Å²) in [4.78, 5) is 4.03. The molecule has 1 aromatic heterocycles. The van der Waals surface area contributed by atoms with Gasteiger partial charge in [-0.15, -0.1) is 0 Å². The molecule has 3 nitrogen and oxygen atoms in total. The fourth-order valence-electron chi connectivity index (χ4n) is 1.34. The molecule has 0 aliphatic carbocycles. The lowest BCUT2D eigenvalue weighted by molar-refractivity contribution is 0.413. The average Bonchev–Trinajstić information content (AvgIpc) is 2.30. The van der Waals surface area contributed by atoms with E-state index >= 15 is 0 Å². The van der Waals surface area contributed by atoms with Crippen LogP contribution < -0.4 is 4.74 Å². The number of aromatic hydroxyl groups is 1. The number of hydrogen-bond donors (Lipinski definition) is 1. The van der Waals surface area contributed by atoms with Crippen LogP contribution in [0, 0.1) is 6.07 Å². The predicted octanol–water partition coefficient (Wildman–Crippen LogP) is 2.26. The quantitative estimate of drug-likeness (QED) is 0.808. The molecule has 75 valence electrons. The minimum Gasteiger partial charge on any atom is -0.507 e. The van der Waals surface area contributed by atoms with Crippen molar-refractivity contribution in [2.75, 3.05) is 7.11 Å². The van der Waals surface area contributed by atoms with Crippen LogP contribution in [-0.4, -0.2) is 17.2 Å². The van der Waals surface area contributed by atoms with Crippen LogP contribution in [0.15, 0.2) is 36.7 Å². The molecule has 0 aliphatic rings. The van der Waals surface area contributed by atoms with Crippen LogP contribution >= 0.6 is 0 Å². The molecule has 0 bridgehead atoms. The van der Waals surface area contributed by atoms with Crippen molar-refractivity contribution in [3.05, 3.63) is 42.7 Å². The molecular formula is C12H10NO2. The summed E-state index contributed by atoms with van der Waals surface area (Å²) in [5.41, 5.74) is 1.54. The standard InChI is InChI=1S/C12H10NO2/c1-15-10-6-9(7-13-8-10)11-4-2-3-5-12(11)14/h2,4-8,14H,1H3. The van der Waals surface area contributed by atoms with Crippen LogP contribution in [0.3, 0.4) is 0 Å². The van der Waals surface area contributed by atoms with Crippen LogP contribution in [0.2, 0.25) is 0 Å². The number of methoxy groups -OCH3 is 1. The fourth-order valence-corrected chi connectivity index (χ4v) is 1.34. The van der Waals surface area contributed by atoms with Gasteiger partial charge in [-0.25, -0.2) is 0 Å². The van der Waals surface area contributed by atoms with Crippen LogP contribution in [0.5, 0.6) is 11.5 Å². The molecule has 1 aromatic carbocycles. The van der Waals surface area contributed by atoms with Gasteiger partial charge in [-0.2, -0.15) is 0 Å². The van der Waals surface area contributed by atoms with E-state index in [-0.39, 0.29) is 5.75 Å². The van der Waals surface area contributed by atoms with Gasteiger partial charge in [-0.05, 0) is 24.3 Å². The van der Waals surface area contributed by atoms with Crippen molar-refractivity contribution < 1.29 is 9.84 Å². The second-order valence-electron chi connectivity index (χ2n) is 3.06. The summed E-state index contributed by atoms with van der Waals surface area (Å²) in [7, 11) is 1.58. The van der Waals surface area contributed by atoms with E-state index < -0.39 is 0 Å². The summed E-state index contributed by atoms with van der Waals surface area (Å²) in [6, 6.07) is 9.67. The van der Waals surface area contributed by atoms with Gasteiger partial charge in [0.1, 0.15) is 11.5 Å². The molecule has 0 unspecified atom stereocenters. The Hall–Kier alpha value is -2.03. The minimum atomic E-state index is 0.188. The summed E-state index contributed by atoms with van der Waals surface area (Å²) in [5.74, 6) is 0.854. The van der Waals surface area contributed by atoms with Gasteiger partial charge in [0.15, 0.2) is 0 Å². The van der Waals surface area contributed by atoms with Crippen molar-refractivity contribution in [1.29, 1.82) is 0 Å². The van der Waals surface area contributed by atoms with Crippen LogP contribution in [0.25, 0.3) is 11.1 Å². The first-order valence-electron chi connectivity index (χ1n) is 4.50. The van der Waals surface area contributed by atoms with Gasteiger partial charge in [-0.1, -0.05) is 6.07 Å². The van der Waals surface area contributed by atoms with Gasteiger partial charge in [0, 0.05) is 17.3 Å². The van der Waals surface area contributed by atoms with E-state index in [1.54, 1.807) is 31.6 Å². The summed E-state index contributed by atoms with van der Waals surface area (Å²) in [6.07, 6.45) is 3.30. The second-order valence-corrected chi connectivity index (χ2v) is 3.06. The first kappa shape index (κ1) is 9.52. The summed E-state index contributed by atoms with van der Waals surface area (Å²) in [6.45, 7) is 0. The maximum atomic E-state index is 9.63. The Kier molecular flexibility index (Phi) is 2.54. The van der Waals surface area contributed by atoms with Gasteiger partial charge in [0.2, 0.25) is 0 Å². The molecule has 1 radical (unpaired) electrons. The maximum absolute atomic E-state index is 9.63. The summed E-state index contributed by atoms with van der Waals surface area (Å²) >= 11 is 0. The Labute approximate surface area is 88.0 Å². The predicted molar refractivity (Wildman–Crippen MR) is 56.7 cm³/mol. The number of hydrogen-bond acceptors (Lipinski definition) is 3. The molecule has 0 aliphatic heterocycles. The molecule has 0 amide bonds. The Morgan fingerprint density at radius 3 is 3.00 bits per heavy atom. The average molecular weight is 200 g/mol. The van der Waals surface area contributed by atoms with E-state index in [4.69, 9.17) is 4.74 Å². The molecule has 3 heteroatoms. The zero-order chi connectivity index (χ0) is 10.7. The molecule has 0 saturated carbocycles. The van der Waals surface area contributed by atoms with Crippen LogP contribution in [0.4, 0.5) is 0 Å². The highest BCUT2D eigenvalue weighted by Crippen LogP contribution is 2.29. The van der Waals surface area contributed by atoms with Crippen molar-refractivity contribution in [3.8, 4) is 22.6 Å². The Morgan fingerprint density at radius 1 is 1.40 bits per heavy atom. The number of phenolic OH excluding ortho intramolecular Hbond substituents is 1. The number of ether oxygens (including phenoxy) is 1. The smallest absolute Gasteiger partial charge is 0.137 e. The van der Waals surface area contributed by atoms with Crippen LogP contribution in [-0.2, 0) is 0 Å². The highest BCUT2D eigenvalue weighted by Gasteiger charge is 2.04. The SMILES string of the molecule is COc1cncc(-c2cc[c]cc2O)c1. The molecule has 1 heterocycles. The van der Waals surface area contributed by atoms with Crippen LogP contribution in [0.1, 0.15) is 0 Å². The molecule has 2 rings (SSSR count). The van der Waals surface area contributed by atoms with E-state index in [0.717, 1.165) is 11.1 Å².